The fourth-order valence-electron chi connectivity index (χ4n) is 2.80. The molecule has 32 heavy (non-hydrogen) atoms. The van der Waals surface area contributed by atoms with Gasteiger partial charge in [-0.05, 0) is 76.2 Å². The van der Waals surface area contributed by atoms with E-state index in [1.165, 1.54) is 13.2 Å². The van der Waals surface area contributed by atoms with Gasteiger partial charge in [-0.25, -0.2) is 4.79 Å². The van der Waals surface area contributed by atoms with E-state index in [-0.39, 0.29) is 5.70 Å². The Balaban J connectivity index is 1.83. The average molecular weight is 608 g/mol. The van der Waals surface area contributed by atoms with Crippen molar-refractivity contribution >= 4 is 56.5 Å². The van der Waals surface area contributed by atoms with Crippen molar-refractivity contribution in [3.05, 3.63) is 97.2 Å². The van der Waals surface area contributed by atoms with Gasteiger partial charge in [-0.2, -0.15) is 0 Å². The fourth-order valence-corrected chi connectivity index (χ4v) is 3.85. The molecular weight excluding hydrogens is 589 g/mol. The molecule has 0 aliphatic heterocycles. The Morgan fingerprint density at radius 2 is 1.78 bits per heavy atom. The zero-order valence-corrected chi connectivity index (χ0v) is 20.7. The third-order valence-electron chi connectivity index (χ3n) is 4.37. The molecule has 0 radical (unpaired) electrons. The van der Waals surface area contributed by atoms with Gasteiger partial charge in [0, 0.05) is 10.0 Å². The van der Waals surface area contributed by atoms with Crippen LogP contribution in [0.15, 0.2) is 76.9 Å². The van der Waals surface area contributed by atoms with Crippen LogP contribution in [-0.4, -0.2) is 24.1 Å². The number of carbonyl (C=O) groups is 2. The van der Waals surface area contributed by atoms with E-state index in [4.69, 9.17) is 9.47 Å². The van der Waals surface area contributed by atoms with E-state index in [0.29, 0.717) is 29.2 Å². The predicted octanol–water partition coefficient (Wildman–Crippen LogP) is 5.50. The van der Waals surface area contributed by atoms with Gasteiger partial charge in [-0.1, -0.05) is 46.3 Å². The van der Waals surface area contributed by atoms with E-state index in [1.54, 1.807) is 42.5 Å². The molecule has 0 spiro atoms. The highest BCUT2D eigenvalue weighted by atomic mass is 127. The van der Waals surface area contributed by atoms with Crippen molar-refractivity contribution in [2.75, 3.05) is 7.11 Å². The molecule has 0 saturated carbocycles. The van der Waals surface area contributed by atoms with Crippen LogP contribution in [-0.2, 0) is 11.4 Å². The molecule has 1 amide bonds. The number of carbonyl (C=O) groups excluding carboxylic acids is 1. The monoisotopic (exact) mass is 607 g/mol. The molecular formula is C24H19BrINO5. The lowest BCUT2D eigenvalue weighted by atomic mass is 10.1. The molecule has 0 fully saturated rings. The lowest BCUT2D eigenvalue weighted by Crippen LogP contribution is -2.27. The van der Waals surface area contributed by atoms with Gasteiger partial charge in [-0.15, -0.1) is 0 Å². The van der Waals surface area contributed by atoms with Crippen molar-refractivity contribution in [3.8, 4) is 11.5 Å². The summed E-state index contributed by atoms with van der Waals surface area (Å²) in [5.41, 5.74) is 1.66. The van der Waals surface area contributed by atoms with Crippen molar-refractivity contribution in [1.82, 2.24) is 5.32 Å². The smallest absolute Gasteiger partial charge is 0.352 e. The highest BCUT2D eigenvalue weighted by molar-refractivity contribution is 14.1. The van der Waals surface area contributed by atoms with Crippen molar-refractivity contribution in [2.24, 2.45) is 0 Å². The van der Waals surface area contributed by atoms with Gasteiger partial charge in [0.15, 0.2) is 11.5 Å². The van der Waals surface area contributed by atoms with Crippen LogP contribution in [0.25, 0.3) is 6.08 Å². The van der Waals surface area contributed by atoms with E-state index in [9.17, 15) is 14.7 Å². The third-order valence-corrected chi connectivity index (χ3v) is 5.70. The molecule has 0 unspecified atom stereocenters. The number of benzene rings is 3. The molecule has 2 N–H and O–H groups in total. The second-order valence-corrected chi connectivity index (χ2v) is 8.71. The van der Waals surface area contributed by atoms with Crippen LogP contribution in [0.3, 0.4) is 0 Å². The van der Waals surface area contributed by atoms with E-state index >= 15 is 0 Å². The summed E-state index contributed by atoms with van der Waals surface area (Å²) in [6.07, 6.45) is 1.38. The molecule has 0 heterocycles. The maximum atomic E-state index is 12.4. The van der Waals surface area contributed by atoms with Crippen molar-refractivity contribution in [2.45, 2.75) is 6.61 Å². The summed E-state index contributed by atoms with van der Waals surface area (Å²) >= 11 is 5.51. The Morgan fingerprint density at radius 1 is 1.09 bits per heavy atom. The Hall–Kier alpha value is -2.85. The van der Waals surface area contributed by atoms with E-state index in [0.717, 1.165) is 13.6 Å². The first-order chi connectivity index (χ1) is 15.4. The first-order valence-electron chi connectivity index (χ1n) is 9.43. The third kappa shape index (κ3) is 6.33. The minimum atomic E-state index is -1.25. The number of halogens is 2. The zero-order chi connectivity index (χ0) is 23.1. The molecule has 6 nitrogen and oxygen atoms in total. The van der Waals surface area contributed by atoms with E-state index in [1.807, 2.05) is 24.3 Å². The summed E-state index contributed by atoms with van der Waals surface area (Å²) in [5, 5.41) is 12.0. The second-order valence-electron chi connectivity index (χ2n) is 6.63. The van der Waals surface area contributed by atoms with E-state index in [2.05, 4.69) is 43.8 Å². The SMILES string of the molecule is COc1cc(/C=C(/NC(=O)c2ccccc2)C(=O)O)cc(I)c1OCc1ccc(Br)cc1. The summed E-state index contributed by atoms with van der Waals surface area (Å²) in [7, 11) is 1.51. The molecule has 3 aromatic carbocycles. The fraction of sp³-hybridized carbons (Fsp3) is 0.0833. The molecule has 8 heteroatoms. The average Bonchev–Trinajstić information content (AvgIpc) is 2.79. The van der Waals surface area contributed by atoms with Crippen LogP contribution in [0.5, 0.6) is 11.5 Å². The molecule has 0 saturated heterocycles. The summed E-state index contributed by atoms with van der Waals surface area (Å²) in [5.74, 6) is -0.744. The highest BCUT2D eigenvalue weighted by Gasteiger charge is 2.16. The summed E-state index contributed by atoms with van der Waals surface area (Å²) in [6.45, 7) is 0.350. The largest absolute Gasteiger partial charge is 0.493 e. The Kier molecular flexibility index (Phi) is 8.29. The topological polar surface area (TPSA) is 84.9 Å². The highest BCUT2D eigenvalue weighted by Crippen LogP contribution is 2.35. The maximum absolute atomic E-state index is 12.4. The van der Waals surface area contributed by atoms with Gasteiger partial charge in [0.2, 0.25) is 0 Å². The molecule has 3 aromatic rings. The predicted molar refractivity (Wildman–Crippen MR) is 134 cm³/mol. The number of ether oxygens (including phenoxy) is 2. The molecule has 3 rings (SSSR count). The Bertz CT molecular complexity index is 1150. The second kappa shape index (κ2) is 11.1. The van der Waals surface area contributed by atoms with E-state index < -0.39 is 11.9 Å². The van der Waals surface area contributed by atoms with Gasteiger partial charge in [0.1, 0.15) is 12.3 Å². The molecule has 0 aliphatic carbocycles. The minimum absolute atomic E-state index is 0.250. The molecule has 0 aliphatic rings. The van der Waals surface area contributed by atoms with Crippen LogP contribution < -0.4 is 14.8 Å². The van der Waals surface area contributed by atoms with Gasteiger partial charge in [0.25, 0.3) is 5.91 Å². The normalized spacial score (nSPS) is 11.0. The van der Waals surface area contributed by atoms with Crippen molar-refractivity contribution in [3.63, 3.8) is 0 Å². The first kappa shape index (κ1) is 23.8. The van der Waals surface area contributed by atoms with Crippen LogP contribution in [0.1, 0.15) is 21.5 Å². The molecule has 0 bridgehead atoms. The lowest BCUT2D eigenvalue weighted by Gasteiger charge is -2.14. The number of hydrogen-bond acceptors (Lipinski definition) is 4. The van der Waals surface area contributed by atoms with Crippen LogP contribution in [0, 0.1) is 3.57 Å². The summed E-state index contributed by atoms with van der Waals surface area (Å²) in [4.78, 5) is 24.1. The number of carboxylic acids is 1. The zero-order valence-electron chi connectivity index (χ0n) is 17.0. The van der Waals surface area contributed by atoms with Gasteiger partial charge >= 0.3 is 5.97 Å². The lowest BCUT2D eigenvalue weighted by molar-refractivity contribution is -0.132. The summed E-state index contributed by atoms with van der Waals surface area (Å²) in [6, 6.07) is 19.6. The van der Waals surface area contributed by atoms with Crippen LogP contribution in [0.2, 0.25) is 0 Å². The minimum Gasteiger partial charge on any atom is -0.493 e. The summed E-state index contributed by atoms with van der Waals surface area (Å²) < 4.78 is 13.2. The van der Waals surface area contributed by atoms with Crippen molar-refractivity contribution < 1.29 is 24.2 Å². The van der Waals surface area contributed by atoms with Gasteiger partial charge in [0.05, 0.1) is 10.7 Å². The number of amides is 1. The number of rotatable bonds is 8. The van der Waals surface area contributed by atoms with Crippen LogP contribution in [0.4, 0.5) is 0 Å². The van der Waals surface area contributed by atoms with Gasteiger partial charge < -0.3 is 19.9 Å². The number of hydrogen-bond donors (Lipinski definition) is 2. The molecule has 0 aromatic heterocycles. The maximum Gasteiger partial charge on any atom is 0.352 e. The molecule has 164 valence electrons. The van der Waals surface area contributed by atoms with Crippen LogP contribution >= 0.6 is 38.5 Å². The number of nitrogens with one attached hydrogen (secondary N) is 1. The first-order valence-corrected chi connectivity index (χ1v) is 11.3. The Labute approximate surface area is 207 Å². The standard InChI is InChI=1S/C24H19BrINO5/c1-31-21-13-16(11-19(26)22(21)32-14-15-7-9-18(25)10-8-15)12-20(24(29)30)27-23(28)17-5-3-2-4-6-17/h2-13H,14H2,1H3,(H,27,28)(H,29,30)/b20-12+. The number of aliphatic carboxylic acids is 1. The van der Waals surface area contributed by atoms with Crippen molar-refractivity contribution in [1.29, 1.82) is 0 Å². The molecule has 0 atom stereocenters. The quantitative estimate of drug-likeness (QED) is 0.261. The number of methoxy groups -OCH3 is 1. The Morgan fingerprint density at radius 3 is 2.41 bits per heavy atom. The number of carboxylic acid groups (broad SMARTS) is 1. The van der Waals surface area contributed by atoms with Gasteiger partial charge in [-0.3, -0.25) is 4.79 Å².